The number of halogens is 2. The molecule has 0 bridgehead atoms. The third kappa shape index (κ3) is 5.54. The minimum absolute atomic E-state index is 0.0308. The van der Waals surface area contributed by atoms with Gasteiger partial charge in [0.1, 0.15) is 17.5 Å². The number of sulfonamides is 1. The number of hydrogen-bond donors (Lipinski definition) is 2. The lowest BCUT2D eigenvalue weighted by atomic mass is 9.87. The van der Waals surface area contributed by atoms with E-state index in [0.29, 0.717) is 46.8 Å². The molecule has 0 aliphatic carbocycles. The van der Waals surface area contributed by atoms with Gasteiger partial charge in [-0.25, -0.2) is 32.5 Å². The number of aromatic nitrogens is 5. The first-order valence-corrected chi connectivity index (χ1v) is 14.8. The topological polar surface area (TPSA) is 118 Å². The van der Waals surface area contributed by atoms with Gasteiger partial charge in [0.05, 0.1) is 11.8 Å². The van der Waals surface area contributed by atoms with Gasteiger partial charge in [-0.3, -0.25) is 4.68 Å². The van der Waals surface area contributed by atoms with Crippen molar-refractivity contribution in [3.63, 3.8) is 0 Å². The molecule has 0 radical (unpaired) electrons. The van der Waals surface area contributed by atoms with Crippen molar-refractivity contribution < 1.29 is 12.8 Å². The van der Waals surface area contributed by atoms with Crippen LogP contribution in [0.3, 0.4) is 0 Å². The SMILES string of the molecule is CC(C)c1c(F)cc(N2C[C@@H](CNS(C)(=O)=O)[C@H]2C)c2cnc(Nc3ccnc(-c4cn(C)nc4Cl)n3)cc12. The van der Waals surface area contributed by atoms with Crippen molar-refractivity contribution in [2.45, 2.75) is 32.7 Å². The molecule has 10 nitrogen and oxygen atoms in total. The predicted molar refractivity (Wildman–Crippen MR) is 151 cm³/mol. The largest absolute Gasteiger partial charge is 0.367 e. The zero-order chi connectivity index (χ0) is 28.1. The van der Waals surface area contributed by atoms with Crippen LogP contribution in [0, 0.1) is 11.7 Å². The Bertz CT molecular complexity index is 1660. The molecule has 0 unspecified atom stereocenters. The fourth-order valence-corrected chi connectivity index (χ4v) is 5.75. The lowest BCUT2D eigenvalue weighted by molar-refractivity contribution is 0.313. The molecular weight excluding hydrogens is 543 g/mol. The van der Waals surface area contributed by atoms with Crippen molar-refractivity contribution in [1.29, 1.82) is 0 Å². The average molecular weight is 573 g/mol. The minimum Gasteiger partial charge on any atom is -0.367 e. The maximum Gasteiger partial charge on any atom is 0.208 e. The third-order valence-corrected chi connectivity index (χ3v) is 8.00. The summed E-state index contributed by atoms with van der Waals surface area (Å²) in [6.07, 6.45) is 6.25. The number of fused-ring (bicyclic) bond motifs is 1. The van der Waals surface area contributed by atoms with Crippen molar-refractivity contribution in [3.05, 3.63) is 53.3 Å². The Labute approximate surface area is 231 Å². The second-order valence-electron chi connectivity index (χ2n) is 10.2. The molecule has 2 atom stereocenters. The molecule has 1 aliphatic rings. The van der Waals surface area contributed by atoms with Gasteiger partial charge >= 0.3 is 0 Å². The molecule has 13 heteroatoms. The molecule has 39 heavy (non-hydrogen) atoms. The molecule has 1 aliphatic heterocycles. The summed E-state index contributed by atoms with van der Waals surface area (Å²) in [5.74, 6) is 1.21. The van der Waals surface area contributed by atoms with Gasteiger partial charge in [-0.05, 0) is 42.0 Å². The summed E-state index contributed by atoms with van der Waals surface area (Å²) in [6, 6.07) is 5.15. The van der Waals surface area contributed by atoms with E-state index in [0.717, 1.165) is 22.7 Å². The summed E-state index contributed by atoms with van der Waals surface area (Å²) >= 11 is 6.22. The van der Waals surface area contributed by atoms with Gasteiger partial charge in [-0.15, -0.1) is 0 Å². The van der Waals surface area contributed by atoms with Crippen LogP contribution in [0.2, 0.25) is 5.15 Å². The molecule has 4 heterocycles. The van der Waals surface area contributed by atoms with E-state index in [-0.39, 0.29) is 23.7 Å². The number of aryl methyl sites for hydroxylation is 1. The molecule has 4 aromatic rings. The first-order chi connectivity index (χ1) is 18.4. The van der Waals surface area contributed by atoms with Crippen LogP contribution in [0.1, 0.15) is 32.3 Å². The Morgan fingerprint density at radius 3 is 2.62 bits per heavy atom. The number of anilines is 3. The minimum atomic E-state index is -3.27. The fourth-order valence-electron chi connectivity index (χ4n) is 4.98. The number of nitrogens with zero attached hydrogens (tertiary/aromatic N) is 6. The monoisotopic (exact) mass is 572 g/mol. The van der Waals surface area contributed by atoms with Crippen molar-refractivity contribution >= 4 is 49.7 Å². The van der Waals surface area contributed by atoms with Gasteiger partial charge < -0.3 is 10.2 Å². The standard InChI is InChI=1S/C26H30ClFN8O2S/c1-14(2)24-17-8-23(32-22-6-7-29-26(33-22)19-13-35(4)34-25(19)27)30-11-18(17)21(9-20(24)28)36-12-16(15(36)3)10-31-39(5,37)38/h6-9,11,13-16,31H,10,12H2,1-5H3,(H,29,30,32,33)/t15-,16-/m1/s1. The number of hydrogen-bond acceptors (Lipinski definition) is 8. The van der Waals surface area contributed by atoms with Crippen LogP contribution in [0.5, 0.6) is 0 Å². The van der Waals surface area contributed by atoms with Crippen molar-refractivity contribution in [2.75, 3.05) is 29.6 Å². The highest BCUT2D eigenvalue weighted by atomic mass is 35.5. The highest BCUT2D eigenvalue weighted by Gasteiger charge is 2.37. The summed E-state index contributed by atoms with van der Waals surface area (Å²) in [5, 5.41) is 9.23. The van der Waals surface area contributed by atoms with E-state index in [2.05, 4.69) is 35.0 Å². The Morgan fingerprint density at radius 1 is 1.21 bits per heavy atom. The van der Waals surface area contributed by atoms with E-state index >= 15 is 4.39 Å². The van der Waals surface area contributed by atoms with Crippen LogP contribution in [0.4, 0.5) is 21.7 Å². The molecule has 5 rings (SSSR count). The molecule has 3 aromatic heterocycles. The molecule has 1 aromatic carbocycles. The maximum absolute atomic E-state index is 15.5. The Hall–Kier alpha value is -3.35. The smallest absolute Gasteiger partial charge is 0.208 e. The van der Waals surface area contributed by atoms with Gasteiger partial charge in [0.2, 0.25) is 10.0 Å². The highest BCUT2D eigenvalue weighted by molar-refractivity contribution is 7.88. The molecule has 1 saturated heterocycles. The molecule has 0 saturated carbocycles. The van der Waals surface area contributed by atoms with Crippen LogP contribution >= 0.6 is 11.6 Å². The Morgan fingerprint density at radius 2 is 1.97 bits per heavy atom. The van der Waals surface area contributed by atoms with Crippen LogP contribution in [0.15, 0.2) is 36.8 Å². The van der Waals surface area contributed by atoms with Crippen molar-refractivity contribution in [1.82, 2.24) is 29.5 Å². The molecular formula is C26H30ClFN8O2S. The quantitative estimate of drug-likeness (QED) is 0.318. The first-order valence-electron chi connectivity index (χ1n) is 12.5. The van der Waals surface area contributed by atoms with Crippen LogP contribution < -0.4 is 14.9 Å². The fraction of sp³-hybridized carbons (Fsp3) is 0.385. The van der Waals surface area contributed by atoms with Gasteiger partial charge in [0.15, 0.2) is 11.0 Å². The van der Waals surface area contributed by atoms with E-state index in [1.807, 2.05) is 26.8 Å². The second kappa shape index (κ2) is 10.3. The normalized spacial score (nSPS) is 17.6. The van der Waals surface area contributed by atoms with Crippen molar-refractivity contribution in [3.8, 4) is 11.4 Å². The second-order valence-corrected chi connectivity index (χ2v) is 12.4. The third-order valence-electron chi connectivity index (χ3n) is 7.03. The van der Waals surface area contributed by atoms with Crippen LogP contribution in [-0.4, -0.2) is 58.5 Å². The van der Waals surface area contributed by atoms with E-state index in [9.17, 15) is 8.42 Å². The van der Waals surface area contributed by atoms with Gasteiger partial charge in [0.25, 0.3) is 0 Å². The Balaban J connectivity index is 1.47. The zero-order valence-electron chi connectivity index (χ0n) is 22.3. The molecule has 2 N–H and O–H groups in total. The van der Waals surface area contributed by atoms with E-state index in [1.54, 1.807) is 42.5 Å². The Kier molecular flexibility index (Phi) is 7.21. The summed E-state index contributed by atoms with van der Waals surface area (Å²) in [4.78, 5) is 15.6. The number of benzene rings is 1. The van der Waals surface area contributed by atoms with Gasteiger partial charge in [-0.2, -0.15) is 5.10 Å². The number of nitrogens with one attached hydrogen (secondary N) is 2. The summed E-state index contributed by atoms with van der Waals surface area (Å²) in [5.41, 5.74) is 1.95. The van der Waals surface area contributed by atoms with Gasteiger partial charge in [-0.1, -0.05) is 25.4 Å². The zero-order valence-corrected chi connectivity index (χ0v) is 23.8. The summed E-state index contributed by atoms with van der Waals surface area (Å²) < 4.78 is 42.7. The lowest BCUT2D eigenvalue weighted by Crippen LogP contribution is -2.58. The molecule has 1 fully saturated rings. The summed E-state index contributed by atoms with van der Waals surface area (Å²) in [6.45, 7) is 6.89. The predicted octanol–water partition coefficient (Wildman–Crippen LogP) is 4.46. The van der Waals surface area contributed by atoms with Crippen LogP contribution in [0.25, 0.3) is 22.2 Å². The van der Waals surface area contributed by atoms with Gasteiger partial charge in [0, 0.05) is 61.8 Å². The number of rotatable bonds is 8. The highest BCUT2D eigenvalue weighted by Crippen LogP contribution is 2.40. The molecule has 0 amide bonds. The molecule has 0 spiro atoms. The molecule has 206 valence electrons. The van der Waals surface area contributed by atoms with Crippen molar-refractivity contribution in [2.24, 2.45) is 13.0 Å². The van der Waals surface area contributed by atoms with E-state index in [4.69, 9.17) is 11.6 Å². The van der Waals surface area contributed by atoms with E-state index < -0.39 is 10.0 Å². The average Bonchev–Trinajstić information content (AvgIpc) is 3.19. The summed E-state index contributed by atoms with van der Waals surface area (Å²) in [7, 11) is -1.51. The van der Waals surface area contributed by atoms with E-state index in [1.165, 1.54) is 0 Å². The first kappa shape index (κ1) is 27.2. The maximum atomic E-state index is 15.5. The number of pyridine rings is 1. The lowest BCUT2D eigenvalue weighted by Gasteiger charge is -2.48. The van der Waals surface area contributed by atoms with Crippen LogP contribution in [-0.2, 0) is 17.1 Å².